The molecule has 0 amide bonds. The summed E-state index contributed by atoms with van der Waals surface area (Å²) < 4.78 is 25.3. The van der Waals surface area contributed by atoms with E-state index in [1.54, 1.807) is 18.2 Å². The molecule has 4 rings (SSSR count). The van der Waals surface area contributed by atoms with Crippen molar-refractivity contribution >= 4 is 33.1 Å². The Morgan fingerprint density at radius 2 is 1.85 bits per heavy atom. The molecule has 3 heterocycles. The maximum atomic E-state index is 11.4. The summed E-state index contributed by atoms with van der Waals surface area (Å²) in [7, 11) is -3.37. The van der Waals surface area contributed by atoms with Crippen molar-refractivity contribution in [3.05, 3.63) is 47.1 Å². The summed E-state index contributed by atoms with van der Waals surface area (Å²) in [6, 6.07) is 10.0. The highest BCUT2D eigenvalue weighted by atomic mass is 35.5. The van der Waals surface area contributed by atoms with Crippen LogP contribution in [0.4, 0.5) is 11.5 Å². The molecule has 2 aromatic rings. The van der Waals surface area contributed by atoms with Crippen LogP contribution in [0.25, 0.3) is 0 Å². The number of nitrogens with one attached hydrogen (secondary N) is 1. The summed E-state index contributed by atoms with van der Waals surface area (Å²) in [4.78, 5) is 11.7. The third-order valence-corrected chi connectivity index (χ3v) is 7.36. The second kappa shape index (κ2) is 10.0. The zero-order valence-corrected chi connectivity index (χ0v) is 20.7. The summed E-state index contributed by atoms with van der Waals surface area (Å²) in [6.45, 7) is 7.93. The molecule has 0 radical (unpaired) electrons. The van der Waals surface area contributed by atoms with Crippen molar-refractivity contribution in [2.24, 2.45) is 0 Å². The first-order valence-electron chi connectivity index (χ1n) is 11.3. The molecule has 33 heavy (non-hydrogen) atoms. The predicted molar refractivity (Wildman–Crippen MR) is 133 cm³/mol. The van der Waals surface area contributed by atoms with E-state index in [4.69, 9.17) is 11.6 Å². The van der Waals surface area contributed by atoms with Gasteiger partial charge < -0.3 is 10.0 Å². The number of benzene rings is 1. The molecular weight excluding hydrogens is 462 g/mol. The van der Waals surface area contributed by atoms with Crippen LogP contribution in [0.2, 0.25) is 5.02 Å². The van der Waals surface area contributed by atoms with E-state index in [1.165, 1.54) is 11.8 Å². The van der Waals surface area contributed by atoms with E-state index in [9.17, 15) is 13.5 Å². The van der Waals surface area contributed by atoms with Crippen LogP contribution in [0.1, 0.15) is 25.3 Å². The van der Waals surface area contributed by atoms with Gasteiger partial charge in [-0.15, -0.1) is 0 Å². The maximum Gasteiger partial charge on any atom is 0.229 e. The molecule has 2 saturated heterocycles. The van der Waals surface area contributed by atoms with Crippen molar-refractivity contribution < 1.29 is 13.5 Å². The molecule has 8 nitrogen and oxygen atoms in total. The maximum absolute atomic E-state index is 11.4. The smallest absolute Gasteiger partial charge is 0.229 e. The Balaban J connectivity index is 1.30. The highest BCUT2D eigenvalue weighted by Gasteiger charge is 2.32. The normalized spacial score (nSPS) is 21.3. The predicted octanol–water partition coefficient (Wildman–Crippen LogP) is 2.99. The van der Waals surface area contributed by atoms with Gasteiger partial charge in [0.05, 0.1) is 23.2 Å². The van der Waals surface area contributed by atoms with Gasteiger partial charge in [0, 0.05) is 38.3 Å². The van der Waals surface area contributed by atoms with E-state index < -0.39 is 10.0 Å². The number of hydrogen-bond acceptors (Lipinski definition) is 7. The van der Waals surface area contributed by atoms with Crippen molar-refractivity contribution in [3.63, 3.8) is 0 Å². The van der Waals surface area contributed by atoms with Gasteiger partial charge in [-0.1, -0.05) is 23.7 Å². The number of likely N-dealkylation sites (tertiary alicyclic amines) is 1. The molecular formula is C23H32ClN5O3S. The molecule has 2 fully saturated rings. The first-order valence-corrected chi connectivity index (χ1v) is 13.6. The largest absolute Gasteiger partial charge is 0.508 e. The number of halogens is 1. The SMILES string of the molecule is C[C@H]1CN(c2ncc(NS(C)(=O)=O)cc2Cl)CCN1C1CCN(Cc2ccc(O)cc2)CC1. The van der Waals surface area contributed by atoms with Crippen molar-refractivity contribution in [3.8, 4) is 5.75 Å². The second-order valence-electron chi connectivity index (χ2n) is 9.11. The number of pyridine rings is 1. The highest BCUT2D eigenvalue weighted by molar-refractivity contribution is 7.92. The van der Waals surface area contributed by atoms with Gasteiger partial charge in [-0.3, -0.25) is 14.5 Å². The van der Waals surface area contributed by atoms with E-state index in [0.717, 1.165) is 58.4 Å². The summed E-state index contributed by atoms with van der Waals surface area (Å²) in [5.41, 5.74) is 1.60. The number of phenolic OH excluding ortho intramolecular Hbond substituents is 1. The lowest BCUT2D eigenvalue weighted by Gasteiger charge is -2.47. The van der Waals surface area contributed by atoms with Gasteiger partial charge in [0.2, 0.25) is 10.0 Å². The molecule has 0 bridgehead atoms. The lowest BCUT2D eigenvalue weighted by molar-refractivity contribution is 0.0690. The third-order valence-electron chi connectivity index (χ3n) is 6.47. The minimum Gasteiger partial charge on any atom is -0.508 e. The van der Waals surface area contributed by atoms with Crippen LogP contribution >= 0.6 is 11.6 Å². The summed E-state index contributed by atoms with van der Waals surface area (Å²) in [5.74, 6) is 1.01. The molecule has 2 aliphatic heterocycles. The third kappa shape index (κ3) is 6.29. The van der Waals surface area contributed by atoms with Gasteiger partial charge in [-0.2, -0.15) is 0 Å². The number of aromatic nitrogens is 1. The molecule has 0 saturated carbocycles. The van der Waals surface area contributed by atoms with Crippen LogP contribution in [0, 0.1) is 0 Å². The van der Waals surface area contributed by atoms with Gasteiger partial charge in [-0.25, -0.2) is 13.4 Å². The van der Waals surface area contributed by atoms with E-state index in [1.807, 2.05) is 12.1 Å². The Morgan fingerprint density at radius 1 is 1.15 bits per heavy atom. The monoisotopic (exact) mass is 493 g/mol. The Hall–Kier alpha value is -2.07. The first-order chi connectivity index (χ1) is 15.7. The topological polar surface area (TPSA) is 89.0 Å². The van der Waals surface area contributed by atoms with E-state index >= 15 is 0 Å². The summed E-state index contributed by atoms with van der Waals surface area (Å²) in [6.07, 6.45) is 4.91. The van der Waals surface area contributed by atoms with E-state index in [2.05, 4.69) is 31.3 Å². The van der Waals surface area contributed by atoms with E-state index in [0.29, 0.717) is 34.4 Å². The minimum absolute atomic E-state index is 0.309. The second-order valence-corrected chi connectivity index (χ2v) is 11.3. The van der Waals surface area contributed by atoms with Crippen LogP contribution in [-0.2, 0) is 16.6 Å². The zero-order chi connectivity index (χ0) is 23.6. The average Bonchev–Trinajstić information content (AvgIpc) is 2.75. The van der Waals surface area contributed by atoms with Gasteiger partial charge in [-0.05, 0) is 56.6 Å². The number of rotatable bonds is 6. The van der Waals surface area contributed by atoms with Crippen LogP contribution in [-0.4, -0.2) is 79.4 Å². The standard InChI is InChI=1S/C23H32ClN5O3S/c1-17-15-28(23-22(24)13-19(14-25-23)26-33(2,31)32)11-12-29(17)20-7-9-27(10-8-20)16-18-3-5-21(30)6-4-18/h3-6,13-14,17,20,26,30H,7-12,15-16H2,1-2H3/t17-/m0/s1. The number of aromatic hydroxyl groups is 1. The lowest BCUT2D eigenvalue weighted by Crippen LogP contribution is -2.57. The molecule has 0 unspecified atom stereocenters. The Labute approximate surface area is 201 Å². The molecule has 1 atom stereocenters. The van der Waals surface area contributed by atoms with Crippen LogP contribution in [0.5, 0.6) is 5.75 Å². The molecule has 0 spiro atoms. The fourth-order valence-corrected chi connectivity index (χ4v) is 5.73. The number of nitrogens with zero attached hydrogens (tertiary/aromatic N) is 4. The number of hydrogen-bond donors (Lipinski definition) is 2. The number of piperazine rings is 1. The van der Waals surface area contributed by atoms with Crippen LogP contribution in [0.3, 0.4) is 0 Å². The van der Waals surface area contributed by atoms with Gasteiger partial charge in [0.1, 0.15) is 11.6 Å². The Bertz CT molecular complexity index is 1060. The van der Waals surface area contributed by atoms with Crippen molar-refractivity contribution in [1.82, 2.24) is 14.8 Å². The van der Waals surface area contributed by atoms with Crippen LogP contribution in [0.15, 0.2) is 36.5 Å². The molecule has 0 aliphatic carbocycles. The van der Waals surface area contributed by atoms with Crippen molar-refractivity contribution in [2.75, 3.05) is 48.6 Å². The summed E-state index contributed by atoms with van der Waals surface area (Å²) in [5, 5.41) is 9.92. The first kappa shape index (κ1) is 24.1. The molecule has 2 N–H and O–H groups in total. The van der Waals surface area contributed by atoms with Crippen molar-refractivity contribution in [2.45, 2.75) is 38.4 Å². The quantitative estimate of drug-likeness (QED) is 0.639. The average molecular weight is 494 g/mol. The fourth-order valence-electron chi connectivity index (χ4n) is 4.91. The number of sulfonamides is 1. The molecule has 2 aliphatic rings. The Kier molecular flexibility index (Phi) is 7.33. The Morgan fingerprint density at radius 3 is 2.45 bits per heavy atom. The highest BCUT2D eigenvalue weighted by Crippen LogP contribution is 2.30. The molecule has 10 heteroatoms. The van der Waals surface area contributed by atoms with E-state index in [-0.39, 0.29) is 0 Å². The molecule has 1 aromatic carbocycles. The summed E-state index contributed by atoms with van der Waals surface area (Å²) >= 11 is 6.44. The lowest BCUT2D eigenvalue weighted by atomic mass is 9.99. The van der Waals surface area contributed by atoms with Crippen molar-refractivity contribution in [1.29, 1.82) is 0 Å². The van der Waals surface area contributed by atoms with Gasteiger partial charge in [0.25, 0.3) is 0 Å². The molecule has 1 aromatic heterocycles. The van der Waals surface area contributed by atoms with Gasteiger partial charge >= 0.3 is 0 Å². The molecule has 180 valence electrons. The fraction of sp³-hybridized carbons (Fsp3) is 0.522. The van der Waals surface area contributed by atoms with Gasteiger partial charge in [0.15, 0.2) is 0 Å². The van der Waals surface area contributed by atoms with Crippen LogP contribution < -0.4 is 9.62 Å². The number of piperidine rings is 1. The zero-order valence-electron chi connectivity index (χ0n) is 19.1. The number of phenols is 1. The minimum atomic E-state index is -3.37. The number of anilines is 2.